The van der Waals surface area contributed by atoms with Crippen LogP contribution in [0.1, 0.15) is 36.1 Å². The fourth-order valence-corrected chi connectivity index (χ4v) is 4.66. The summed E-state index contributed by atoms with van der Waals surface area (Å²) in [6.07, 6.45) is 0.985. The lowest BCUT2D eigenvalue weighted by molar-refractivity contribution is 0.660. The monoisotopic (exact) mass is 316 g/mol. The van der Waals surface area contributed by atoms with Crippen molar-refractivity contribution in [2.75, 3.05) is 0 Å². The molecule has 0 heterocycles. The third-order valence-corrected chi connectivity index (χ3v) is 5.82. The van der Waals surface area contributed by atoms with Crippen molar-refractivity contribution < 1.29 is 0 Å². The Hall–Kier alpha value is -2.05. The minimum Gasteiger partial charge on any atom is -0.0843 e. The van der Waals surface area contributed by atoms with Gasteiger partial charge in [-0.15, -0.1) is 0 Å². The third-order valence-electron chi connectivity index (χ3n) is 5.58. The second-order valence-corrected chi connectivity index (χ2v) is 7.60. The molecule has 0 spiro atoms. The average molecular weight is 317 g/mol. The van der Waals surface area contributed by atoms with E-state index in [0.717, 1.165) is 11.4 Å². The first-order valence-electron chi connectivity index (χ1n) is 8.12. The zero-order valence-electron chi connectivity index (χ0n) is 13.3. The predicted molar refractivity (Wildman–Crippen MR) is 97.3 cm³/mol. The lowest BCUT2D eigenvalue weighted by Crippen LogP contribution is -2.14. The van der Waals surface area contributed by atoms with Crippen molar-refractivity contribution in [3.05, 3.63) is 81.9 Å². The van der Waals surface area contributed by atoms with Crippen molar-refractivity contribution in [3.8, 4) is 22.3 Å². The molecule has 0 aromatic heterocycles. The normalized spacial score (nSPS) is 15.8. The summed E-state index contributed by atoms with van der Waals surface area (Å²) in [7, 11) is 0. The van der Waals surface area contributed by atoms with Gasteiger partial charge in [-0.3, -0.25) is 0 Å². The molecule has 0 atom stereocenters. The molecular weight excluding hydrogens is 300 g/mol. The Morgan fingerprint density at radius 3 is 2.48 bits per heavy atom. The summed E-state index contributed by atoms with van der Waals surface area (Å²) in [5.41, 5.74) is 11.4. The Labute approximate surface area is 141 Å². The number of fused-ring (bicyclic) bond motifs is 7. The molecule has 5 rings (SSSR count). The quantitative estimate of drug-likeness (QED) is 0.361. The molecule has 1 heteroatoms. The highest BCUT2D eigenvalue weighted by molar-refractivity contribution is 6.30. The van der Waals surface area contributed by atoms with Crippen molar-refractivity contribution in [1.29, 1.82) is 0 Å². The van der Waals surface area contributed by atoms with Gasteiger partial charge in [0.25, 0.3) is 0 Å². The van der Waals surface area contributed by atoms with Gasteiger partial charge in [-0.1, -0.05) is 67.9 Å². The fourth-order valence-electron chi connectivity index (χ4n) is 4.47. The summed E-state index contributed by atoms with van der Waals surface area (Å²) in [6.45, 7) is 4.67. The number of hydrogen-bond donors (Lipinski definition) is 0. The molecule has 3 aromatic carbocycles. The average Bonchev–Trinajstić information content (AvgIpc) is 3.01. The Kier molecular flexibility index (Phi) is 2.49. The van der Waals surface area contributed by atoms with Gasteiger partial charge in [0.1, 0.15) is 0 Å². The Bertz CT molecular complexity index is 979. The molecule has 0 fully saturated rings. The second-order valence-electron chi connectivity index (χ2n) is 7.16. The van der Waals surface area contributed by atoms with Crippen LogP contribution in [0.5, 0.6) is 0 Å². The molecule has 0 aliphatic heterocycles. The van der Waals surface area contributed by atoms with Crippen molar-refractivity contribution in [2.24, 2.45) is 0 Å². The Balaban J connectivity index is 1.84. The fraction of sp³-hybridized carbons (Fsp3) is 0.182. The van der Waals surface area contributed by atoms with Crippen LogP contribution in [0.15, 0.2) is 54.6 Å². The van der Waals surface area contributed by atoms with Gasteiger partial charge in [0, 0.05) is 10.4 Å². The van der Waals surface area contributed by atoms with Gasteiger partial charge in [-0.2, -0.15) is 0 Å². The minimum absolute atomic E-state index is 0.0768. The van der Waals surface area contributed by atoms with E-state index in [4.69, 9.17) is 11.6 Å². The molecule has 0 bridgehead atoms. The van der Waals surface area contributed by atoms with E-state index in [1.807, 2.05) is 6.07 Å². The van der Waals surface area contributed by atoms with E-state index in [9.17, 15) is 0 Å². The largest absolute Gasteiger partial charge is 0.0843 e. The molecule has 0 amide bonds. The van der Waals surface area contributed by atoms with Gasteiger partial charge >= 0.3 is 0 Å². The van der Waals surface area contributed by atoms with Gasteiger partial charge < -0.3 is 0 Å². The lowest BCUT2D eigenvalue weighted by atomic mass is 9.82. The molecule has 23 heavy (non-hydrogen) atoms. The first-order valence-corrected chi connectivity index (χ1v) is 8.50. The highest BCUT2D eigenvalue weighted by Gasteiger charge is 2.38. The van der Waals surface area contributed by atoms with Crippen LogP contribution >= 0.6 is 11.6 Å². The van der Waals surface area contributed by atoms with E-state index >= 15 is 0 Å². The van der Waals surface area contributed by atoms with E-state index in [1.165, 1.54) is 44.5 Å². The van der Waals surface area contributed by atoms with E-state index in [-0.39, 0.29) is 5.41 Å². The third kappa shape index (κ3) is 1.62. The van der Waals surface area contributed by atoms with Crippen molar-refractivity contribution in [3.63, 3.8) is 0 Å². The molecule has 2 aliphatic rings. The SMILES string of the molecule is CC1(C)c2ccccc2-c2c1ccc1c2Cc2cc(Cl)ccc2-1. The van der Waals surface area contributed by atoms with Crippen LogP contribution in [0.4, 0.5) is 0 Å². The molecule has 0 unspecified atom stereocenters. The predicted octanol–water partition coefficient (Wildman–Crippen LogP) is 6.22. The summed E-state index contributed by atoms with van der Waals surface area (Å²) in [5, 5.41) is 0.828. The van der Waals surface area contributed by atoms with Gasteiger partial charge in [0.2, 0.25) is 0 Å². The van der Waals surface area contributed by atoms with Gasteiger partial charge in [0.15, 0.2) is 0 Å². The van der Waals surface area contributed by atoms with Crippen LogP contribution in [0.2, 0.25) is 5.02 Å². The second kappa shape index (κ2) is 4.27. The zero-order valence-corrected chi connectivity index (χ0v) is 14.0. The van der Waals surface area contributed by atoms with E-state index < -0.39 is 0 Å². The van der Waals surface area contributed by atoms with Crippen LogP contribution in [-0.2, 0) is 11.8 Å². The van der Waals surface area contributed by atoms with Gasteiger partial charge in [-0.25, -0.2) is 0 Å². The first-order chi connectivity index (χ1) is 11.1. The maximum atomic E-state index is 6.21. The zero-order chi connectivity index (χ0) is 15.8. The van der Waals surface area contributed by atoms with Crippen molar-refractivity contribution in [2.45, 2.75) is 25.7 Å². The van der Waals surface area contributed by atoms with Crippen LogP contribution < -0.4 is 0 Å². The maximum absolute atomic E-state index is 6.21. The number of halogens is 1. The molecule has 0 nitrogen and oxygen atoms in total. The number of hydrogen-bond acceptors (Lipinski definition) is 0. The van der Waals surface area contributed by atoms with Crippen LogP contribution in [0, 0.1) is 0 Å². The molecule has 0 radical (unpaired) electrons. The topological polar surface area (TPSA) is 0 Å². The van der Waals surface area contributed by atoms with Gasteiger partial charge in [0.05, 0.1) is 0 Å². The summed E-state index contributed by atoms with van der Waals surface area (Å²) >= 11 is 6.21. The standard InChI is InChI=1S/C22H17Cl/c1-22(2)19-6-4-3-5-17(19)21-18-12-13-11-14(23)7-8-15(13)16(18)9-10-20(21)22/h3-11H,12H2,1-2H3. The summed E-state index contributed by atoms with van der Waals surface area (Å²) in [6, 6.07) is 19.8. The van der Waals surface area contributed by atoms with Crippen molar-refractivity contribution in [1.82, 2.24) is 0 Å². The Morgan fingerprint density at radius 1 is 0.826 bits per heavy atom. The van der Waals surface area contributed by atoms with Crippen LogP contribution in [0.25, 0.3) is 22.3 Å². The molecule has 0 N–H and O–H groups in total. The maximum Gasteiger partial charge on any atom is 0.0409 e. The lowest BCUT2D eigenvalue weighted by Gasteiger charge is -2.21. The van der Waals surface area contributed by atoms with E-state index in [1.54, 1.807) is 0 Å². The molecule has 112 valence electrons. The molecule has 0 saturated heterocycles. The molecule has 0 saturated carbocycles. The highest BCUT2D eigenvalue weighted by atomic mass is 35.5. The van der Waals surface area contributed by atoms with Crippen LogP contribution in [0.3, 0.4) is 0 Å². The molecule has 3 aromatic rings. The minimum atomic E-state index is 0.0768. The van der Waals surface area contributed by atoms with Crippen molar-refractivity contribution >= 4 is 11.6 Å². The smallest absolute Gasteiger partial charge is 0.0409 e. The van der Waals surface area contributed by atoms with Crippen LogP contribution in [-0.4, -0.2) is 0 Å². The highest BCUT2D eigenvalue weighted by Crippen LogP contribution is 2.53. The summed E-state index contributed by atoms with van der Waals surface area (Å²) in [5.74, 6) is 0. The summed E-state index contributed by atoms with van der Waals surface area (Å²) in [4.78, 5) is 0. The molecule has 2 aliphatic carbocycles. The van der Waals surface area contributed by atoms with Gasteiger partial charge in [-0.05, 0) is 63.1 Å². The number of rotatable bonds is 0. The Morgan fingerprint density at radius 2 is 1.61 bits per heavy atom. The number of benzene rings is 3. The molecular formula is C22H17Cl. The summed E-state index contributed by atoms with van der Waals surface area (Å²) < 4.78 is 0. The van der Waals surface area contributed by atoms with E-state index in [2.05, 4.69) is 62.4 Å². The van der Waals surface area contributed by atoms with E-state index in [0.29, 0.717) is 0 Å². The first kappa shape index (κ1) is 13.4.